The largest absolute Gasteiger partial charge is 0.469 e. The van der Waals surface area contributed by atoms with Crippen molar-refractivity contribution < 1.29 is 19.1 Å². The van der Waals surface area contributed by atoms with E-state index in [4.69, 9.17) is 5.73 Å². The number of primary amides is 1. The van der Waals surface area contributed by atoms with Crippen molar-refractivity contribution in [1.82, 2.24) is 10.2 Å². The Labute approximate surface area is 118 Å². The minimum Gasteiger partial charge on any atom is -0.469 e. The fraction of sp³-hybridized carbons (Fsp3) is 0.769. The third-order valence-corrected chi connectivity index (χ3v) is 3.36. The van der Waals surface area contributed by atoms with E-state index in [0.717, 1.165) is 0 Å². The van der Waals surface area contributed by atoms with Gasteiger partial charge in [-0.25, -0.2) is 4.79 Å². The molecule has 3 amide bonds. The van der Waals surface area contributed by atoms with E-state index in [9.17, 15) is 14.4 Å². The lowest BCUT2D eigenvalue weighted by Gasteiger charge is -2.24. The molecule has 20 heavy (non-hydrogen) atoms. The lowest BCUT2D eigenvalue weighted by atomic mass is 10.0. The smallest absolute Gasteiger partial charge is 0.312 e. The molecule has 1 rings (SSSR count). The zero-order chi connectivity index (χ0) is 15.3. The Hall–Kier alpha value is -1.79. The lowest BCUT2D eigenvalue weighted by molar-refractivity contribution is -0.145. The van der Waals surface area contributed by atoms with Crippen LogP contribution in [0.15, 0.2) is 0 Å². The summed E-state index contributed by atoms with van der Waals surface area (Å²) in [4.78, 5) is 36.4. The zero-order valence-electron chi connectivity index (χ0n) is 12.2. The van der Waals surface area contributed by atoms with Crippen molar-refractivity contribution in [2.24, 2.45) is 17.6 Å². The molecule has 1 fully saturated rings. The monoisotopic (exact) mass is 285 g/mol. The number of nitrogens with one attached hydrogen (secondary N) is 1. The van der Waals surface area contributed by atoms with Gasteiger partial charge < -0.3 is 20.7 Å². The van der Waals surface area contributed by atoms with Crippen molar-refractivity contribution in [3.63, 3.8) is 0 Å². The first-order valence-corrected chi connectivity index (χ1v) is 6.77. The van der Waals surface area contributed by atoms with Gasteiger partial charge in [-0.3, -0.25) is 9.59 Å². The Balaban J connectivity index is 2.66. The van der Waals surface area contributed by atoms with Gasteiger partial charge in [-0.1, -0.05) is 13.8 Å². The number of rotatable bonds is 5. The molecule has 0 aromatic carbocycles. The summed E-state index contributed by atoms with van der Waals surface area (Å²) in [5.74, 6) is -0.528. The summed E-state index contributed by atoms with van der Waals surface area (Å²) in [5, 5.41) is 2.48. The van der Waals surface area contributed by atoms with Gasteiger partial charge >= 0.3 is 12.0 Å². The van der Waals surface area contributed by atoms with E-state index < -0.39 is 12.1 Å². The molecule has 1 aliphatic rings. The van der Waals surface area contributed by atoms with Crippen LogP contribution in [0.4, 0.5) is 4.79 Å². The maximum atomic E-state index is 12.4. The van der Waals surface area contributed by atoms with Crippen LogP contribution in [0, 0.1) is 11.8 Å². The van der Waals surface area contributed by atoms with Crippen LogP contribution in [-0.2, 0) is 14.3 Å². The summed E-state index contributed by atoms with van der Waals surface area (Å²) < 4.78 is 4.69. The van der Waals surface area contributed by atoms with E-state index in [2.05, 4.69) is 10.1 Å². The highest BCUT2D eigenvalue weighted by molar-refractivity contribution is 5.87. The summed E-state index contributed by atoms with van der Waals surface area (Å²) in [5.41, 5.74) is 5.11. The maximum Gasteiger partial charge on any atom is 0.312 e. The molecule has 7 heteroatoms. The number of ether oxygens (including phenoxy) is 1. The maximum absolute atomic E-state index is 12.4. The van der Waals surface area contributed by atoms with Crippen LogP contribution in [-0.4, -0.2) is 49.0 Å². The van der Waals surface area contributed by atoms with Gasteiger partial charge in [0.2, 0.25) is 5.91 Å². The molecule has 0 aromatic heterocycles. The lowest BCUT2D eigenvalue weighted by Crippen LogP contribution is -2.50. The van der Waals surface area contributed by atoms with E-state index in [-0.39, 0.29) is 23.7 Å². The number of carbonyl (C=O) groups excluding carboxylic acids is 3. The molecule has 7 nitrogen and oxygen atoms in total. The first-order valence-electron chi connectivity index (χ1n) is 6.77. The van der Waals surface area contributed by atoms with Crippen LogP contribution in [0.5, 0.6) is 0 Å². The van der Waals surface area contributed by atoms with Crippen molar-refractivity contribution in [1.29, 1.82) is 0 Å². The number of amides is 3. The van der Waals surface area contributed by atoms with Gasteiger partial charge in [0.05, 0.1) is 13.0 Å². The summed E-state index contributed by atoms with van der Waals surface area (Å²) in [6.45, 7) is 4.75. The summed E-state index contributed by atoms with van der Waals surface area (Å²) in [6.07, 6.45) is 1.10. The normalized spacial score (nSPS) is 19.8. The average Bonchev–Trinajstić information content (AvgIpc) is 2.84. The second-order valence-corrected chi connectivity index (χ2v) is 5.48. The van der Waals surface area contributed by atoms with Crippen molar-refractivity contribution in [3.8, 4) is 0 Å². The molecule has 0 spiro atoms. The molecular formula is C13H23N3O4. The number of methoxy groups -OCH3 is 1. The molecule has 0 bridgehead atoms. The van der Waals surface area contributed by atoms with E-state index in [1.165, 1.54) is 7.11 Å². The molecule has 0 aromatic rings. The second kappa shape index (κ2) is 7.12. The highest BCUT2D eigenvalue weighted by Crippen LogP contribution is 2.19. The zero-order valence-corrected chi connectivity index (χ0v) is 12.2. The van der Waals surface area contributed by atoms with Crippen molar-refractivity contribution in [2.45, 2.75) is 32.7 Å². The van der Waals surface area contributed by atoms with Gasteiger partial charge in [-0.15, -0.1) is 0 Å². The Morgan fingerprint density at radius 2 is 2.05 bits per heavy atom. The predicted molar refractivity (Wildman–Crippen MR) is 72.7 cm³/mol. The van der Waals surface area contributed by atoms with Gasteiger partial charge in [0.25, 0.3) is 0 Å². The fourth-order valence-corrected chi connectivity index (χ4v) is 2.40. The molecular weight excluding hydrogens is 262 g/mol. The predicted octanol–water partition coefficient (Wildman–Crippen LogP) is 0.0909. The van der Waals surface area contributed by atoms with E-state index in [1.807, 2.05) is 13.8 Å². The quantitative estimate of drug-likeness (QED) is 0.699. The Morgan fingerprint density at radius 3 is 2.55 bits per heavy atom. The SMILES string of the molecule is COC(=O)C1CCN(C(=O)C(CC(C)C)NC(N)=O)C1. The van der Waals surface area contributed by atoms with E-state index >= 15 is 0 Å². The van der Waals surface area contributed by atoms with Gasteiger partial charge in [0, 0.05) is 13.1 Å². The number of carbonyl (C=O) groups is 3. The number of hydrogen-bond acceptors (Lipinski definition) is 4. The molecule has 0 aliphatic carbocycles. The fourth-order valence-electron chi connectivity index (χ4n) is 2.40. The molecule has 0 saturated carbocycles. The standard InChI is InChI=1S/C13H23N3O4/c1-8(2)6-10(15-13(14)19)11(17)16-5-4-9(7-16)12(18)20-3/h8-10H,4-7H2,1-3H3,(H3,14,15,19). The molecule has 2 atom stereocenters. The Morgan fingerprint density at radius 1 is 1.40 bits per heavy atom. The average molecular weight is 285 g/mol. The van der Waals surface area contributed by atoms with Gasteiger partial charge in [-0.2, -0.15) is 0 Å². The van der Waals surface area contributed by atoms with E-state index in [0.29, 0.717) is 25.9 Å². The molecule has 2 unspecified atom stereocenters. The van der Waals surface area contributed by atoms with Crippen molar-refractivity contribution in [3.05, 3.63) is 0 Å². The minimum atomic E-state index is -0.715. The summed E-state index contributed by atoms with van der Waals surface area (Å²) in [7, 11) is 1.34. The molecule has 1 saturated heterocycles. The van der Waals surface area contributed by atoms with Gasteiger partial charge in [-0.05, 0) is 18.8 Å². The van der Waals surface area contributed by atoms with E-state index in [1.54, 1.807) is 4.90 Å². The summed E-state index contributed by atoms with van der Waals surface area (Å²) in [6, 6.07) is -1.35. The third-order valence-electron chi connectivity index (χ3n) is 3.36. The van der Waals surface area contributed by atoms with Crippen LogP contribution < -0.4 is 11.1 Å². The number of likely N-dealkylation sites (tertiary alicyclic amines) is 1. The Bertz CT molecular complexity index is 384. The number of esters is 1. The van der Waals surface area contributed by atoms with Gasteiger partial charge in [0.15, 0.2) is 0 Å². The molecule has 1 heterocycles. The third kappa shape index (κ3) is 4.40. The molecule has 3 N–H and O–H groups in total. The topological polar surface area (TPSA) is 102 Å². The molecule has 114 valence electrons. The van der Waals surface area contributed by atoms with Crippen LogP contribution in [0.25, 0.3) is 0 Å². The van der Waals surface area contributed by atoms with Crippen LogP contribution >= 0.6 is 0 Å². The number of urea groups is 1. The number of nitrogens with two attached hydrogens (primary N) is 1. The second-order valence-electron chi connectivity index (χ2n) is 5.48. The minimum absolute atomic E-state index is 0.191. The highest BCUT2D eigenvalue weighted by Gasteiger charge is 2.35. The number of hydrogen-bond donors (Lipinski definition) is 2. The van der Waals surface area contributed by atoms with Crippen LogP contribution in [0.2, 0.25) is 0 Å². The van der Waals surface area contributed by atoms with Crippen molar-refractivity contribution >= 4 is 17.9 Å². The van der Waals surface area contributed by atoms with Crippen LogP contribution in [0.1, 0.15) is 26.7 Å². The van der Waals surface area contributed by atoms with Crippen molar-refractivity contribution in [2.75, 3.05) is 20.2 Å². The highest BCUT2D eigenvalue weighted by atomic mass is 16.5. The summed E-state index contributed by atoms with van der Waals surface area (Å²) >= 11 is 0. The Kier molecular flexibility index (Phi) is 5.79. The first-order chi connectivity index (χ1) is 9.35. The first kappa shape index (κ1) is 16.3. The molecule has 0 radical (unpaired) electrons. The van der Waals surface area contributed by atoms with Gasteiger partial charge in [0.1, 0.15) is 6.04 Å². The number of nitrogens with zero attached hydrogens (tertiary/aromatic N) is 1. The molecule has 1 aliphatic heterocycles. The van der Waals surface area contributed by atoms with Crippen LogP contribution in [0.3, 0.4) is 0 Å².